The Morgan fingerprint density at radius 3 is 2.70 bits per heavy atom. The van der Waals surface area contributed by atoms with Gasteiger partial charge in [0.15, 0.2) is 11.5 Å². The fourth-order valence-corrected chi connectivity index (χ4v) is 5.36. The first-order valence-corrected chi connectivity index (χ1v) is 11.4. The molecule has 2 aliphatic heterocycles. The number of hydrogen-bond acceptors (Lipinski definition) is 5. The van der Waals surface area contributed by atoms with Crippen LogP contribution in [0, 0.1) is 0 Å². The Balaban J connectivity index is 1.34. The zero-order valence-corrected chi connectivity index (χ0v) is 17.5. The molecule has 6 nitrogen and oxygen atoms in total. The van der Waals surface area contributed by atoms with Gasteiger partial charge in [0, 0.05) is 22.4 Å². The molecule has 7 heteroatoms. The average molecular weight is 425 g/mol. The molecule has 2 aromatic carbocycles. The van der Waals surface area contributed by atoms with Crippen molar-refractivity contribution in [2.45, 2.75) is 36.0 Å². The topological polar surface area (TPSA) is 76.7 Å². The maximum Gasteiger partial charge on any atom is 0.251 e. The number of fused-ring (bicyclic) bond motifs is 2. The molecule has 1 aliphatic carbocycles. The van der Waals surface area contributed by atoms with Crippen LogP contribution in [0.5, 0.6) is 11.5 Å². The zero-order valence-electron chi connectivity index (χ0n) is 16.7. The van der Waals surface area contributed by atoms with Gasteiger partial charge in [0.05, 0.1) is 11.4 Å². The second-order valence-electron chi connectivity index (χ2n) is 8.08. The highest BCUT2D eigenvalue weighted by molar-refractivity contribution is 8.00. The molecule has 0 atom stereocenters. The van der Waals surface area contributed by atoms with Crippen LogP contribution in [0.3, 0.4) is 0 Å². The van der Waals surface area contributed by atoms with E-state index in [1.807, 2.05) is 18.2 Å². The van der Waals surface area contributed by atoms with Gasteiger partial charge in [-0.1, -0.05) is 18.9 Å². The summed E-state index contributed by atoms with van der Waals surface area (Å²) >= 11 is 1.49. The smallest absolute Gasteiger partial charge is 0.251 e. The van der Waals surface area contributed by atoms with E-state index in [0.29, 0.717) is 36.8 Å². The SMILES string of the molecule is O=C1CSc2ccc(C(=O)NCC3(c4ccc5c(c4)OCCO5)CCCC3)cc2N1. The molecule has 2 heterocycles. The second-order valence-corrected chi connectivity index (χ2v) is 9.09. The van der Waals surface area contributed by atoms with Crippen molar-refractivity contribution in [3.63, 3.8) is 0 Å². The lowest BCUT2D eigenvalue weighted by atomic mass is 9.78. The van der Waals surface area contributed by atoms with Crippen molar-refractivity contribution in [1.82, 2.24) is 5.32 Å². The van der Waals surface area contributed by atoms with Crippen LogP contribution in [-0.2, 0) is 10.2 Å². The van der Waals surface area contributed by atoms with Gasteiger partial charge in [-0.2, -0.15) is 0 Å². The standard InChI is InChI=1S/C23H24N2O4S/c26-21-13-30-20-6-3-15(11-17(20)25-21)22(27)24-14-23(7-1-2-8-23)16-4-5-18-19(12-16)29-10-9-28-18/h3-6,11-12H,1-2,7-10,13-14H2,(H,24,27)(H,25,26). The van der Waals surface area contributed by atoms with E-state index in [9.17, 15) is 9.59 Å². The molecule has 1 fully saturated rings. The van der Waals surface area contributed by atoms with Gasteiger partial charge < -0.3 is 20.1 Å². The Hall–Kier alpha value is -2.67. The van der Waals surface area contributed by atoms with Crippen molar-refractivity contribution in [3.8, 4) is 11.5 Å². The third-order valence-corrected chi connectivity index (χ3v) is 7.25. The quantitative estimate of drug-likeness (QED) is 0.782. The van der Waals surface area contributed by atoms with E-state index >= 15 is 0 Å². The van der Waals surface area contributed by atoms with E-state index in [1.54, 1.807) is 6.07 Å². The van der Waals surface area contributed by atoms with E-state index in [2.05, 4.69) is 22.8 Å². The summed E-state index contributed by atoms with van der Waals surface area (Å²) in [5.41, 5.74) is 2.38. The van der Waals surface area contributed by atoms with Gasteiger partial charge in [-0.25, -0.2) is 0 Å². The molecule has 0 spiro atoms. The van der Waals surface area contributed by atoms with Gasteiger partial charge >= 0.3 is 0 Å². The van der Waals surface area contributed by atoms with Gasteiger partial charge in [0.2, 0.25) is 5.91 Å². The van der Waals surface area contributed by atoms with Crippen LogP contribution < -0.4 is 20.1 Å². The number of thioether (sulfide) groups is 1. The Bertz CT molecular complexity index is 1000. The zero-order chi connectivity index (χ0) is 20.6. The van der Waals surface area contributed by atoms with Gasteiger partial charge in [-0.3, -0.25) is 9.59 Å². The third-order valence-electron chi connectivity index (χ3n) is 6.18. The minimum Gasteiger partial charge on any atom is -0.486 e. The Kier molecular flexibility index (Phi) is 5.06. The molecule has 0 bridgehead atoms. The number of ether oxygens (including phenoxy) is 2. The summed E-state index contributed by atoms with van der Waals surface area (Å²) in [6.07, 6.45) is 4.35. The summed E-state index contributed by atoms with van der Waals surface area (Å²) in [6, 6.07) is 11.7. The molecule has 2 amide bonds. The second kappa shape index (κ2) is 7.87. The predicted octanol–water partition coefficient (Wildman–Crippen LogP) is 3.74. The normalized spacial score (nSPS) is 19.0. The van der Waals surface area contributed by atoms with Gasteiger partial charge in [0.1, 0.15) is 13.2 Å². The lowest BCUT2D eigenvalue weighted by Gasteiger charge is -2.31. The minimum absolute atomic E-state index is 0.0337. The highest BCUT2D eigenvalue weighted by Crippen LogP contribution is 2.44. The van der Waals surface area contributed by atoms with E-state index in [4.69, 9.17) is 9.47 Å². The van der Waals surface area contributed by atoms with Crippen LogP contribution in [-0.4, -0.2) is 37.3 Å². The van der Waals surface area contributed by atoms with E-state index in [0.717, 1.165) is 42.1 Å². The number of nitrogens with one attached hydrogen (secondary N) is 2. The van der Waals surface area contributed by atoms with Crippen LogP contribution in [0.1, 0.15) is 41.6 Å². The number of benzene rings is 2. The van der Waals surface area contributed by atoms with Crippen molar-refractivity contribution in [2.75, 3.05) is 30.8 Å². The Labute approximate surface area is 179 Å². The Morgan fingerprint density at radius 1 is 1.07 bits per heavy atom. The molecule has 0 saturated heterocycles. The molecular formula is C23H24N2O4S. The van der Waals surface area contributed by atoms with Crippen LogP contribution in [0.2, 0.25) is 0 Å². The van der Waals surface area contributed by atoms with E-state index in [1.165, 1.54) is 17.3 Å². The molecule has 3 aliphatic rings. The van der Waals surface area contributed by atoms with Crippen molar-refractivity contribution in [3.05, 3.63) is 47.5 Å². The maximum absolute atomic E-state index is 12.9. The summed E-state index contributed by atoms with van der Waals surface area (Å²) in [5, 5.41) is 6.00. The van der Waals surface area contributed by atoms with Crippen LogP contribution >= 0.6 is 11.8 Å². The molecule has 0 unspecified atom stereocenters. The van der Waals surface area contributed by atoms with Crippen molar-refractivity contribution >= 4 is 29.3 Å². The number of hydrogen-bond donors (Lipinski definition) is 2. The lowest BCUT2D eigenvalue weighted by Crippen LogP contribution is -2.39. The molecular weight excluding hydrogens is 400 g/mol. The lowest BCUT2D eigenvalue weighted by molar-refractivity contribution is -0.113. The summed E-state index contributed by atoms with van der Waals surface area (Å²) in [7, 11) is 0. The van der Waals surface area contributed by atoms with Crippen LogP contribution in [0.25, 0.3) is 0 Å². The summed E-state index contributed by atoms with van der Waals surface area (Å²) < 4.78 is 11.4. The highest BCUT2D eigenvalue weighted by Gasteiger charge is 2.37. The van der Waals surface area contributed by atoms with Gasteiger partial charge in [0.25, 0.3) is 5.91 Å². The first-order valence-electron chi connectivity index (χ1n) is 10.4. The first kappa shape index (κ1) is 19.3. The van der Waals surface area contributed by atoms with Gasteiger partial charge in [-0.05, 0) is 48.7 Å². The third kappa shape index (κ3) is 3.62. The Morgan fingerprint density at radius 2 is 1.87 bits per heavy atom. The summed E-state index contributed by atoms with van der Waals surface area (Å²) in [5.74, 6) is 1.84. The number of carbonyl (C=O) groups is 2. The van der Waals surface area contributed by atoms with Crippen molar-refractivity contribution in [2.24, 2.45) is 0 Å². The molecule has 5 rings (SSSR count). The maximum atomic E-state index is 12.9. The van der Waals surface area contributed by atoms with Crippen molar-refractivity contribution in [1.29, 1.82) is 0 Å². The molecule has 156 valence electrons. The largest absolute Gasteiger partial charge is 0.486 e. The summed E-state index contributed by atoms with van der Waals surface area (Å²) in [4.78, 5) is 25.6. The molecule has 0 aromatic heterocycles. The molecule has 30 heavy (non-hydrogen) atoms. The van der Waals surface area contributed by atoms with E-state index in [-0.39, 0.29) is 17.2 Å². The number of rotatable bonds is 4. The molecule has 1 saturated carbocycles. The molecule has 0 radical (unpaired) electrons. The number of carbonyl (C=O) groups excluding carboxylic acids is 2. The van der Waals surface area contributed by atoms with Crippen LogP contribution in [0.4, 0.5) is 5.69 Å². The predicted molar refractivity (Wildman–Crippen MR) is 116 cm³/mol. The van der Waals surface area contributed by atoms with Gasteiger partial charge in [-0.15, -0.1) is 11.8 Å². The number of anilines is 1. The first-order chi connectivity index (χ1) is 14.6. The number of amides is 2. The highest BCUT2D eigenvalue weighted by atomic mass is 32.2. The molecule has 2 aromatic rings. The minimum atomic E-state index is -0.119. The van der Waals surface area contributed by atoms with Crippen molar-refractivity contribution < 1.29 is 19.1 Å². The monoisotopic (exact) mass is 424 g/mol. The van der Waals surface area contributed by atoms with Crippen LogP contribution in [0.15, 0.2) is 41.3 Å². The summed E-state index contributed by atoms with van der Waals surface area (Å²) in [6.45, 7) is 1.71. The fraction of sp³-hybridized carbons (Fsp3) is 0.391. The fourth-order valence-electron chi connectivity index (χ4n) is 4.57. The molecule has 2 N–H and O–H groups in total. The average Bonchev–Trinajstić information content (AvgIpc) is 3.27. The van der Waals surface area contributed by atoms with E-state index < -0.39 is 0 Å².